The van der Waals surface area contributed by atoms with E-state index >= 15 is 0 Å². The minimum absolute atomic E-state index is 0.330. The lowest BCUT2D eigenvalue weighted by Crippen LogP contribution is -2.27. The van der Waals surface area contributed by atoms with Crippen molar-refractivity contribution in [2.24, 2.45) is 0 Å². The number of nitrogens with one attached hydrogen (secondary N) is 1. The van der Waals surface area contributed by atoms with E-state index < -0.39 is 17.7 Å². The number of rotatable bonds is 4. The Kier molecular flexibility index (Phi) is 5.76. The molecule has 0 fully saturated rings. The van der Waals surface area contributed by atoms with E-state index in [-0.39, 0.29) is 0 Å². The predicted octanol–water partition coefficient (Wildman–Crippen LogP) is 3.67. The van der Waals surface area contributed by atoms with Crippen LogP contribution in [0.15, 0.2) is 17.5 Å². The van der Waals surface area contributed by atoms with Crippen molar-refractivity contribution in [3.63, 3.8) is 0 Å². The van der Waals surface area contributed by atoms with Gasteiger partial charge in [-0.25, -0.2) is 9.59 Å². The van der Waals surface area contributed by atoms with Gasteiger partial charge in [-0.3, -0.25) is 5.32 Å². The zero-order chi connectivity index (χ0) is 15.2. The lowest BCUT2D eigenvalue weighted by molar-refractivity contribution is -0.137. The van der Waals surface area contributed by atoms with Gasteiger partial charge < -0.3 is 9.47 Å². The van der Waals surface area contributed by atoms with Crippen molar-refractivity contribution >= 4 is 35.2 Å². The van der Waals surface area contributed by atoms with Crippen molar-refractivity contribution in [2.45, 2.75) is 33.3 Å². The van der Waals surface area contributed by atoms with Crippen LogP contribution in [0.5, 0.6) is 0 Å². The fourth-order valence-corrected chi connectivity index (χ4v) is 2.04. The molecule has 0 bridgehead atoms. The Balaban J connectivity index is 2.67. The maximum absolute atomic E-state index is 11.7. The summed E-state index contributed by atoms with van der Waals surface area (Å²) < 4.78 is 9.96. The average molecular weight is 297 g/mol. The maximum atomic E-state index is 11.7. The molecule has 0 aliphatic rings. The first kappa shape index (κ1) is 16.2. The zero-order valence-corrected chi connectivity index (χ0v) is 12.9. The normalized spacial score (nSPS) is 11.4. The summed E-state index contributed by atoms with van der Waals surface area (Å²) in [6.45, 7) is 7.45. The van der Waals surface area contributed by atoms with Gasteiger partial charge >= 0.3 is 12.1 Å². The first-order chi connectivity index (χ1) is 9.31. The molecule has 5 nitrogen and oxygen atoms in total. The molecule has 1 heterocycles. The quantitative estimate of drug-likeness (QED) is 0.680. The summed E-state index contributed by atoms with van der Waals surface area (Å²) in [6, 6.07) is 1.75. The highest BCUT2D eigenvalue weighted by molar-refractivity contribution is 7.11. The molecule has 110 valence electrons. The van der Waals surface area contributed by atoms with Crippen LogP contribution in [0.1, 0.15) is 32.6 Å². The van der Waals surface area contributed by atoms with Crippen LogP contribution < -0.4 is 5.32 Å². The molecule has 0 aromatic carbocycles. The monoisotopic (exact) mass is 297 g/mol. The molecule has 0 atom stereocenters. The van der Waals surface area contributed by atoms with E-state index in [1.165, 1.54) is 17.4 Å². The minimum atomic E-state index is -0.555. The van der Waals surface area contributed by atoms with Crippen LogP contribution in [0, 0.1) is 0 Å². The van der Waals surface area contributed by atoms with Gasteiger partial charge in [0.25, 0.3) is 0 Å². The van der Waals surface area contributed by atoms with Gasteiger partial charge in [0.2, 0.25) is 0 Å². The second kappa shape index (κ2) is 7.09. The summed E-state index contributed by atoms with van der Waals surface area (Å²) in [5.74, 6) is -0.413. The highest BCUT2D eigenvalue weighted by atomic mass is 32.1. The lowest BCUT2D eigenvalue weighted by atomic mass is 10.2. The molecule has 0 radical (unpaired) electrons. The molecular weight excluding hydrogens is 278 g/mol. The molecule has 20 heavy (non-hydrogen) atoms. The molecule has 0 saturated carbocycles. The average Bonchev–Trinajstić information content (AvgIpc) is 2.71. The zero-order valence-electron chi connectivity index (χ0n) is 12.1. The Morgan fingerprint density at radius 3 is 2.70 bits per heavy atom. The van der Waals surface area contributed by atoms with Gasteiger partial charge in [-0.15, -0.1) is 11.3 Å². The number of carbonyl (C=O) groups excluding carboxylic acids is 2. The Bertz CT molecular complexity index is 500. The molecule has 1 aromatic rings. The van der Waals surface area contributed by atoms with Gasteiger partial charge in [-0.1, -0.05) is 0 Å². The third-order valence-electron chi connectivity index (χ3n) is 1.99. The van der Waals surface area contributed by atoms with E-state index in [1.54, 1.807) is 39.8 Å². The van der Waals surface area contributed by atoms with E-state index in [2.05, 4.69) is 5.32 Å². The molecule has 1 amide bonds. The second-order valence-corrected chi connectivity index (χ2v) is 5.86. The number of ether oxygens (including phenoxy) is 2. The van der Waals surface area contributed by atoms with Crippen molar-refractivity contribution in [2.75, 3.05) is 11.9 Å². The van der Waals surface area contributed by atoms with Gasteiger partial charge in [0.05, 0.1) is 17.2 Å². The van der Waals surface area contributed by atoms with Crippen molar-refractivity contribution in [3.05, 3.63) is 22.4 Å². The van der Waals surface area contributed by atoms with Crippen LogP contribution in [0.2, 0.25) is 0 Å². The van der Waals surface area contributed by atoms with Crippen molar-refractivity contribution in [1.29, 1.82) is 0 Å². The molecule has 6 heteroatoms. The number of hydrogen-bond donors (Lipinski definition) is 1. The molecular formula is C14H19NO4S. The number of carbonyl (C=O) groups is 2. The summed E-state index contributed by atoms with van der Waals surface area (Å²) in [5, 5.41) is 4.47. The third-order valence-corrected chi connectivity index (χ3v) is 2.87. The predicted molar refractivity (Wildman–Crippen MR) is 79.8 cm³/mol. The number of esters is 1. The van der Waals surface area contributed by atoms with Gasteiger partial charge in [-0.2, -0.15) is 0 Å². The highest BCUT2D eigenvalue weighted by Gasteiger charge is 2.17. The van der Waals surface area contributed by atoms with E-state index in [1.807, 2.05) is 5.38 Å². The Labute approximate surface area is 122 Å². The molecule has 0 spiro atoms. The Morgan fingerprint density at radius 2 is 2.10 bits per heavy atom. The van der Waals surface area contributed by atoms with Crippen LogP contribution in [-0.4, -0.2) is 24.3 Å². The van der Waals surface area contributed by atoms with Gasteiger partial charge in [0.1, 0.15) is 5.60 Å². The third kappa shape index (κ3) is 5.88. The highest BCUT2D eigenvalue weighted by Crippen LogP contribution is 2.24. The molecule has 1 N–H and O–H groups in total. The van der Waals surface area contributed by atoms with Crippen LogP contribution in [0.25, 0.3) is 6.08 Å². The number of amides is 1. The van der Waals surface area contributed by atoms with E-state index in [0.29, 0.717) is 12.3 Å². The lowest BCUT2D eigenvalue weighted by Gasteiger charge is -2.19. The SMILES string of the molecule is CCOC(=O)/C=C/c1sccc1NC(=O)OC(C)(C)C. The Hall–Kier alpha value is -1.82. The number of hydrogen-bond acceptors (Lipinski definition) is 5. The largest absolute Gasteiger partial charge is 0.463 e. The van der Waals surface area contributed by atoms with Crippen molar-refractivity contribution in [3.8, 4) is 0 Å². The van der Waals surface area contributed by atoms with Crippen LogP contribution >= 0.6 is 11.3 Å². The smallest absolute Gasteiger partial charge is 0.412 e. The van der Waals surface area contributed by atoms with E-state index in [0.717, 1.165) is 4.88 Å². The molecule has 0 unspecified atom stereocenters. The van der Waals surface area contributed by atoms with Crippen LogP contribution in [0.4, 0.5) is 10.5 Å². The van der Waals surface area contributed by atoms with Crippen LogP contribution in [0.3, 0.4) is 0 Å². The summed E-state index contributed by atoms with van der Waals surface area (Å²) in [4.78, 5) is 23.7. The summed E-state index contributed by atoms with van der Waals surface area (Å²) >= 11 is 1.40. The standard InChI is InChI=1S/C14H19NO4S/c1-5-18-12(16)7-6-11-10(8-9-20-11)15-13(17)19-14(2,3)4/h6-9H,5H2,1-4H3,(H,15,17)/b7-6+. The van der Waals surface area contributed by atoms with Gasteiger partial charge in [0.15, 0.2) is 0 Å². The summed E-state index contributed by atoms with van der Waals surface area (Å²) in [5.41, 5.74) is 0.0471. The first-order valence-electron chi connectivity index (χ1n) is 6.24. The Morgan fingerprint density at radius 1 is 1.40 bits per heavy atom. The molecule has 1 rings (SSSR count). The number of anilines is 1. The molecule has 1 aromatic heterocycles. The van der Waals surface area contributed by atoms with Crippen molar-refractivity contribution in [1.82, 2.24) is 0 Å². The van der Waals surface area contributed by atoms with E-state index in [9.17, 15) is 9.59 Å². The van der Waals surface area contributed by atoms with Gasteiger partial charge in [0, 0.05) is 6.08 Å². The minimum Gasteiger partial charge on any atom is -0.463 e. The topological polar surface area (TPSA) is 64.6 Å². The van der Waals surface area contributed by atoms with Crippen molar-refractivity contribution < 1.29 is 19.1 Å². The fraction of sp³-hybridized carbons (Fsp3) is 0.429. The summed E-state index contributed by atoms with van der Waals surface area (Å²) in [6.07, 6.45) is 2.41. The molecule has 0 aliphatic carbocycles. The summed E-state index contributed by atoms with van der Waals surface area (Å²) in [7, 11) is 0. The fourth-order valence-electron chi connectivity index (χ4n) is 1.30. The first-order valence-corrected chi connectivity index (χ1v) is 7.12. The second-order valence-electron chi connectivity index (χ2n) is 4.91. The van der Waals surface area contributed by atoms with Gasteiger partial charge in [-0.05, 0) is 45.2 Å². The maximum Gasteiger partial charge on any atom is 0.412 e. The van der Waals surface area contributed by atoms with E-state index in [4.69, 9.17) is 9.47 Å². The molecule has 0 saturated heterocycles. The number of thiophene rings is 1. The van der Waals surface area contributed by atoms with Crippen LogP contribution in [-0.2, 0) is 14.3 Å². The molecule has 0 aliphatic heterocycles.